The third-order valence-corrected chi connectivity index (χ3v) is 5.21. The number of aryl methyl sites for hydroxylation is 1. The van der Waals surface area contributed by atoms with E-state index in [1.54, 1.807) is 10.9 Å². The van der Waals surface area contributed by atoms with E-state index in [2.05, 4.69) is 34.7 Å². The first-order valence-corrected chi connectivity index (χ1v) is 8.89. The molecule has 1 saturated carbocycles. The van der Waals surface area contributed by atoms with Crippen molar-refractivity contribution in [1.29, 1.82) is 0 Å². The molecule has 4 rings (SSSR count). The number of amides is 2. The van der Waals surface area contributed by atoms with Crippen molar-refractivity contribution in [2.75, 3.05) is 26.2 Å². The van der Waals surface area contributed by atoms with E-state index in [9.17, 15) is 4.79 Å². The van der Waals surface area contributed by atoms with E-state index in [0.29, 0.717) is 31.5 Å². The minimum atomic E-state index is -0.106. The number of nitrogens with zero attached hydrogens (tertiary/aromatic N) is 3. The number of aromatic nitrogens is 2. The molecule has 2 aliphatic rings. The summed E-state index contributed by atoms with van der Waals surface area (Å²) < 4.78 is 7.62. The van der Waals surface area contributed by atoms with Crippen LogP contribution in [0, 0.1) is 5.92 Å². The molecule has 6 nitrogen and oxygen atoms in total. The van der Waals surface area contributed by atoms with Crippen molar-refractivity contribution >= 4 is 6.03 Å². The van der Waals surface area contributed by atoms with Gasteiger partial charge in [-0.05, 0) is 29.9 Å². The van der Waals surface area contributed by atoms with E-state index < -0.39 is 0 Å². The van der Waals surface area contributed by atoms with Crippen LogP contribution in [0.15, 0.2) is 42.6 Å². The van der Waals surface area contributed by atoms with Crippen LogP contribution in [-0.4, -0.2) is 47.0 Å². The summed E-state index contributed by atoms with van der Waals surface area (Å²) in [6.45, 7) is 2.50. The van der Waals surface area contributed by atoms with Gasteiger partial charge in [-0.3, -0.25) is 4.68 Å². The average Bonchev–Trinajstić information content (AvgIpc) is 3.32. The number of carbonyl (C=O) groups excluding carboxylic acids is 1. The van der Waals surface area contributed by atoms with Crippen molar-refractivity contribution in [1.82, 2.24) is 20.0 Å². The molecule has 0 spiro atoms. The van der Waals surface area contributed by atoms with E-state index in [1.807, 2.05) is 24.1 Å². The highest BCUT2D eigenvalue weighted by Crippen LogP contribution is 2.46. The fraction of sp³-hybridized carbons (Fsp3) is 0.474. The summed E-state index contributed by atoms with van der Waals surface area (Å²) in [4.78, 5) is 14.4. The van der Waals surface area contributed by atoms with Crippen LogP contribution in [0.3, 0.4) is 0 Å². The van der Waals surface area contributed by atoms with Crippen LogP contribution < -0.4 is 5.32 Å². The number of carbonyl (C=O) groups is 1. The van der Waals surface area contributed by atoms with E-state index in [4.69, 9.17) is 4.74 Å². The Balaban J connectivity index is 1.28. The molecule has 1 unspecified atom stereocenters. The third kappa shape index (κ3) is 3.54. The van der Waals surface area contributed by atoms with Gasteiger partial charge < -0.3 is 15.0 Å². The molecule has 1 saturated heterocycles. The highest BCUT2D eigenvalue weighted by Gasteiger charge is 2.38. The van der Waals surface area contributed by atoms with Gasteiger partial charge in [-0.25, -0.2) is 4.79 Å². The first-order valence-electron chi connectivity index (χ1n) is 8.89. The number of nitrogens with one attached hydrogen (secondary N) is 1. The molecule has 132 valence electrons. The van der Waals surface area contributed by atoms with Crippen LogP contribution in [0.4, 0.5) is 4.79 Å². The molecule has 1 N–H and O–H groups in total. The van der Waals surface area contributed by atoms with Crippen molar-refractivity contribution in [2.24, 2.45) is 13.0 Å². The van der Waals surface area contributed by atoms with Crippen LogP contribution in [0.25, 0.3) is 0 Å². The van der Waals surface area contributed by atoms with E-state index in [1.165, 1.54) is 5.56 Å². The number of ether oxygens (including phenoxy) is 1. The van der Waals surface area contributed by atoms with Gasteiger partial charge in [0.05, 0.1) is 18.8 Å². The summed E-state index contributed by atoms with van der Waals surface area (Å²) in [5.74, 6) is 1.15. The van der Waals surface area contributed by atoms with Gasteiger partial charge in [0, 0.05) is 26.3 Å². The lowest BCUT2D eigenvalue weighted by Crippen LogP contribution is -2.47. The SMILES string of the molecule is Cn1nccc1C1CN(C(=O)NC[C@H]2C[C@@H]2c2ccccc2)CCO1. The molecule has 2 aromatic rings. The van der Waals surface area contributed by atoms with E-state index >= 15 is 0 Å². The molecule has 2 fully saturated rings. The van der Waals surface area contributed by atoms with Gasteiger partial charge in [0.1, 0.15) is 6.10 Å². The van der Waals surface area contributed by atoms with Crippen molar-refractivity contribution in [2.45, 2.75) is 18.4 Å². The molecule has 0 bridgehead atoms. The zero-order valence-corrected chi connectivity index (χ0v) is 14.5. The molecule has 1 aromatic heterocycles. The molecular formula is C19H24N4O2. The maximum Gasteiger partial charge on any atom is 0.317 e. The lowest BCUT2D eigenvalue weighted by atomic mass is 10.1. The van der Waals surface area contributed by atoms with Gasteiger partial charge in [-0.15, -0.1) is 0 Å². The molecule has 2 heterocycles. The average molecular weight is 340 g/mol. The second-order valence-electron chi connectivity index (χ2n) is 6.88. The third-order valence-electron chi connectivity index (χ3n) is 5.21. The largest absolute Gasteiger partial charge is 0.368 e. The maximum absolute atomic E-state index is 12.5. The predicted molar refractivity (Wildman–Crippen MR) is 94.2 cm³/mol. The Morgan fingerprint density at radius 3 is 2.92 bits per heavy atom. The Bertz CT molecular complexity index is 730. The lowest BCUT2D eigenvalue weighted by Gasteiger charge is -2.33. The van der Waals surface area contributed by atoms with Gasteiger partial charge in [-0.2, -0.15) is 5.10 Å². The highest BCUT2D eigenvalue weighted by molar-refractivity contribution is 5.74. The fourth-order valence-electron chi connectivity index (χ4n) is 3.62. The maximum atomic E-state index is 12.5. The molecule has 3 atom stereocenters. The summed E-state index contributed by atoms with van der Waals surface area (Å²) in [6.07, 6.45) is 2.81. The summed E-state index contributed by atoms with van der Waals surface area (Å²) in [5.41, 5.74) is 2.38. The van der Waals surface area contributed by atoms with Crippen LogP contribution >= 0.6 is 0 Å². The van der Waals surface area contributed by atoms with Gasteiger partial charge >= 0.3 is 6.03 Å². The molecule has 1 aliphatic carbocycles. The number of hydrogen-bond acceptors (Lipinski definition) is 3. The summed E-state index contributed by atoms with van der Waals surface area (Å²) in [5, 5.41) is 7.29. The number of rotatable bonds is 4. The smallest absolute Gasteiger partial charge is 0.317 e. The quantitative estimate of drug-likeness (QED) is 0.929. The molecule has 6 heteroatoms. The highest BCUT2D eigenvalue weighted by atomic mass is 16.5. The van der Waals surface area contributed by atoms with Crippen LogP contribution in [0.2, 0.25) is 0 Å². The monoisotopic (exact) mass is 340 g/mol. The Labute approximate surface area is 147 Å². The van der Waals surface area contributed by atoms with Crippen molar-refractivity contribution in [3.05, 3.63) is 53.9 Å². The summed E-state index contributed by atoms with van der Waals surface area (Å²) in [7, 11) is 1.90. The Morgan fingerprint density at radius 2 is 2.16 bits per heavy atom. The van der Waals surface area contributed by atoms with E-state index in [-0.39, 0.29) is 12.1 Å². The van der Waals surface area contributed by atoms with Gasteiger partial charge in [-0.1, -0.05) is 30.3 Å². The summed E-state index contributed by atoms with van der Waals surface area (Å²) >= 11 is 0. The first-order chi connectivity index (χ1) is 12.2. The van der Waals surface area contributed by atoms with Crippen molar-refractivity contribution < 1.29 is 9.53 Å². The zero-order valence-electron chi connectivity index (χ0n) is 14.5. The normalized spacial score (nSPS) is 25.6. The van der Waals surface area contributed by atoms with Crippen molar-refractivity contribution in [3.63, 3.8) is 0 Å². The summed E-state index contributed by atoms with van der Waals surface area (Å²) in [6, 6.07) is 12.5. The second-order valence-corrected chi connectivity index (χ2v) is 6.88. The van der Waals surface area contributed by atoms with Gasteiger partial charge in [0.25, 0.3) is 0 Å². The fourth-order valence-corrected chi connectivity index (χ4v) is 3.62. The number of hydrogen-bond donors (Lipinski definition) is 1. The van der Waals surface area contributed by atoms with E-state index in [0.717, 1.165) is 18.7 Å². The molecule has 25 heavy (non-hydrogen) atoms. The van der Waals surface area contributed by atoms with Gasteiger partial charge in [0.2, 0.25) is 0 Å². The van der Waals surface area contributed by atoms with Crippen LogP contribution in [0.5, 0.6) is 0 Å². The minimum absolute atomic E-state index is 0.00850. The Hall–Kier alpha value is -2.34. The molecule has 2 amide bonds. The molecule has 1 aromatic carbocycles. The first kappa shape index (κ1) is 16.1. The molecule has 0 radical (unpaired) electrons. The Morgan fingerprint density at radius 1 is 1.32 bits per heavy atom. The minimum Gasteiger partial charge on any atom is -0.368 e. The topological polar surface area (TPSA) is 59.4 Å². The molecular weight excluding hydrogens is 316 g/mol. The Kier molecular flexibility index (Phi) is 4.44. The predicted octanol–water partition coefficient (Wildman–Crippen LogP) is 2.31. The van der Waals surface area contributed by atoms with Crippen LogP contribution in [0.1, 0.15) is 29.7 Å². The number of morpholine rings is 1. The zero-order chi connectivity index (χ0) is 17.2. The lowest BCUT2D eigenvalue weighted by molar-refractivity contribution is -0.0194. The van der Waals surface area contributed by atoms with Crippen LogP contribution in [-0.2, 0) is 11.8 Å². The second kappa shape index (κ2) is 6.88. The standard InChI is InChI=1S/C19H24N4O2/c1-22-17(7-8-21-22)18-13-23(9-10-25-18)19(24)20-12-15-11-16(15)14-5-3-2-4-6-14/h2-8,15-16,18H,9-13H2,1H3,(H,20,24)/t15-,16-,18?/m1/s1. The number of benzene rings is 1. The van der Waals surface area contributed by atoms with Crippen molar-refractivity contribution in [3.8, 4) is 0 Å². The van der Waals surface area contributed by atoms with Gasteiger partial charge in [0.15, 0.2) is 0 Å². The molecule has 1 aliphatic heterocycles. The number of urea groups is 1.